The number of hydrogen-bond donors (Lipinski definition) is 2. The number of aromatic nitrogens is 2. The maximum absolute atomic E-state index is 12.1. The minimum atomic E-state index is -3.60. The van der Waals surface area contributed by atoms with Gasteiger partial charge in [0.25, 0.3) is 0 Å². The molecule has 9 heteroatoms. The molecule has 0 aromatic carbocycles. The van der Waals surface area contributed by atoms with Crippen LogP contribution in [0, 0.1) is 0 Å². The minimum absolute atomic E-state index is 0.100. The molecule has 0 atom stereocenters. The van der Waals surface area contributed by atoms with Gasteiger partial charge in [0, 0.05) is 25.0 Å². The van der Waals surface area contributed by atoms with Gasteiger partial charge in [-0.3, -0.25) is 4.68 Å². The van der Waals surface area contributed by atoms with Gasteiger partial charge in [0.05, 0.1) is 13.1 Å². The van der Waals surface area contributed by atoms with E-state index in [0.717, 1.165) is 0 Å². The van der Waals surface area contributed by atoms with Gasteiger partial charge in [0.1, 0.15) is 10.7 Å². The molecule has 0 bridgehead atoms. The molecule has 0 amide bonds. The van der Waals surface area contributed by atoms with Crippen LogP contribution < -0.4 is 10.0 Å². The Balaban J connectivity index is 2.02. The number of halogens is 1. The normalized spacial score (nSPS) is 11.9. The molecule has 20 heavy (non-hydrogen) atoms. The van der Waals surface area contributed by atoms with Gasteiger partial charge in [-0.2, -0.15) is 5.10 Å². The first-order valence-corrected chi connectivity index (χ1v) is 8.20. The van der Waals surface area contributed by atoms with Crippen molar-refractivity contribution >= 4 is 26.0 Å². The summed E-state index contributed by atoms with van der Waals surface area (Å²) < 4.78 is 34.0. The van der Waals surface area contributed by atoms with E-state index < -0.39 is 10.0 Å². The maximum atomic E-state index is 12.1. The van der Waals surface area contributed by atoms with Crippen molar-refractivity contribution in [3.63, 3.8) is 0 Å². The Morgan fingerprint density at radius 1 is 1.50 bits per heavy atom. The van der Waals surface area contributed by atoms with E-state index in [2.05, 4.69) is 31.1 Å². The second-order valence-corrected chi connectivity index (χ2v) is 6.50. The van der Waals surface area contributed by atoms with Crippen LogP contribution in [0.5, 0.6) is 0 Å². The van der Waals surface area contributed by atoms with Crippen molar-refractivity contribution in [2.45, 2.75) is 18.0 Å². The molecule has 2 aromatic heterocycles. The quantitative estimate of drug-likeness (QED) is 0.764. The molecule has 2 heterocycles. The Labute approximate surface area is 125 Å². The standard InChI is InChI=1S/C11H15BrN4O3S/c1-13-8-9-7-10(11(12)19-9)20(17,18)15-4-6-16-5-2-3-14-16/h2-3,5,7,13,15H,4,6,8H2,1H3. The Bertz CT molecular complexity index is 651. The minimum Gasteiger partial charge on any atom is -0.452 e. The number of nitrogens with one attached hydrogen (secondary N) is 2. The lowest BCUT2D eigenvalue weighted by atomic mass is 10.4. The van der Waals surface area contributed by atoms with Crippen LogP contribution in [0.25, 0.3) is 0 Å². The van der Waals surface area contributed by atoms with Crippen molar-refractivity contribution < 1.29 is 12.8 Å². The van der Waals surface area contributed by atoms with Crippen molar-refractivity contribution in [1.82, 2.24) is 19.8 Å². The molecule has 0 aliphatic rings. The summed E-state index contributed by atoms with van der Waals surface area (Å²) in [4.78, 5) is 0.100. The third-order valence-corrected chi connectivity index (χ3v) is 4.86. The molecule has 2 aromatic rings. The number of rotatable bonds is 7. The molecule has 0 aliphatic carbocycles. The molecule has 0 radical (unpaired) electrons. The van der Waals surface area contributed by atoms with E-state index in [4.69, 9.17) is 4.42 Å². The molecule has 0 saturated heterocycles. The van der Waals surface area contributed by atoms with Crippen molar-refractivity contribution in [2.75, 3.05) is 13.6 Å². The van der Waals surface area contributed by atoms with E-state index in [-0.39, 0.29) is 16.1 Å². The third-order valence-electron chi connectivity index (χ3n) is 2.54. The van der Waals surface area contributed by atoms with Crippen LogP contribution in [0.1, 0.15) is 5.76 Å². The average molecular weight is 363 g/mol. The summed E-state index contributed by atoms with van der Waals surface area (Å²) in [6.45, 7) is 1.18. The fraction of sp³-hybridized carbons (Fsp3) is 0.364. The second kappa shape index (κ2) is 6.53. The zero-order chi connectivity index (χ0) is 14.6. The summed E-state index contributed by atoms with van der Waals surface area (Å²) in [6.07, 6.45) is 3.41. The molecule has 110 valence electrons. The number of hydrogen-bond acceptors (Lipinski definition) is 5. The van der Waals surface area contributed by atoms with Gasteiger partial charge in [-0.1, -0.05) is 0 Å². The molecule has 0 saturated carbocycles. The van der Waals surface area contributed by atoms with Crippen molar-refractivity contribution in [2.24, 2.45) is 0 Å². The van der Waals surface area contributed by atoms with Crippen LogP contribution in [-0.4, -0.2) is 31.8 Å². The predicted octanol–water partition coefficient (Wildman–Crippen LogP) is 0.937. The van der Waals surface area contributed by atoms with Gasteiger partial charge >= 0.3 is 0 Å². The highest BCUT2D eigenvalue weighted by Gasteiger charge is 2.21. The highest BCUT2D eigenvalue weighted by Crippen LogP contribution is 2.25. The number of nitrogens with zero attached hydrogens (tertiary/aromatic N) is 2. The van der Waals surface area contributed by atoms with E-state index in [9.17, 15) is 8.42 Å². The Morgan fingerprint density at radius 2 is 2.30 bits per heavy atom. The largest absolute Gasteiger partial charge is 0.452 e. The molecule has 0 fully saturated rings. The second-order valence-electron chi connectivity index (χ2n) is 4.05. The Hall–Kier alpha value is -1.16. The van der Waals surface area contributed by atoms with Crippen LogP contribution in [-0.2, 0) is 23.1 Å². The summed E-state index contributed by atoms with van der Waals surface area (Å²) in [7, 11) is -1.84. The van der Waals surface area contributed by atoms with E-state index >= 15 is 0 Å². The van der Waals surface area contributed by atoms with Crippen LogP contribution in [0.3, 0.4) is 0 Å². The van der Waals surface area contributed by atoms with Gasteiger partial charge in [-0.15, -0.1) is 0 Å². The zero-order valence-corrected chi connectivity index (χ0v) is 13.2. The van der Waals surface area contributed by atoms with Crippen LogP contribution >= 0.6 is 15.9 Å². The summed E-state index contributed by atoms with van der Waals surface area (Å²) in [6, 6.07) is 3.28. The van der Waals surface area contributed by atoms with Gasteiger partial charge in [-0.25, -0.2) is 13.1 Å². The summed E-state index contributed by atoms with van der Waals surface area (Å²) in [5.74, 6) is 0.548. The maximum Gasteiger partial charge on any atom is 0.245 e. The number of sulfonamides is 1. The van der Waals surface area contributed by atoms with Crippen LogP contribution in [0.15, 0.2) is 38.5 Å². The monoisotopic (exact) mass is 362 g/mol. The molecule has 2 rings (SSSR count). The molecule has 7 nitrogen and oxygen atoms in total. The highest BCUT2D eigenvalue weighted by molar-refractivity contribution is 9.10. The molecule has 2 N–H and O–H groups in total. The van der Waals surface area contributed by atoms with E-state index in [0.29, 0.717) is 18.8 Å². The average Bonchev–Trinajstić information content (AvgIpc) is 2.99. The van der Waals surface area contributed by atoms with Crippen LogP contribution in [0.4, 0.5) is 0 Å². The van der Waals surface area contributed by atoms with E-state index in [1.165, 1.54) is 6.07 Å². The van der Waals surface area contributed by atoms with Crippen molar-refractivity contribution in [3.8, 4) is 0 Å². The smallest absolute Gasteiger partial charge is 0.245 e. The molecular formula is C11H15BrN4O3S. The Morgan fingerprint density at radius 3 is 2.95 bits per heavy atom. The van der Waals surface area contributed by atoms with Gasteiger partial charge in [-0.05, 0) is 29.0 Å². The molecular weight excluding hydrogens is 348 g/mol. The summed E-state index contributed by atoms with van der Waals surface area (Å²) in [5, 5.41) is 6.90. The topological polar surface area (TPSA) is 89.2 Å². The van der Waals surface area contributed by atoms with Crippen LogP contribution in [0.2, 0.25) is 0 Å². The summed E-state index contributed by atoms with van der Waals surface area (Å²) in [5.41, 5.74) is 0. The first kappa shape index (κ1) is 15.2. The number of furan rings is 1. The molecule has 0 unspecified atom stereocenters. The fourth-order valence-electron chi connectivity index (χ4n) is 1.65. The predicted molar refractivity (Wildman–Crippen MR) is 76.6 cm³/mol. The lowest BCUT2D eigenvalue weighted by Gasteiger charge is -2.05. The lowest BCUT2D eigenvalue weighted by Crippen LogP contribution is -2.27. The first-order valence-electron chi connectivity index (χ1n) is 5.93. The molecule has 0 aliphatic heterocycles. The molecule has 0 spiro atoms. The lowest BCUT2D eigenvalue weighted by molar-refractivity contribution is 0.470. The highest BCUT2D eigenvalue weighted by atomic mass is 79.9. The summed E-state index contributed by atoms with van der Waals surface area (Å²) >= 11 is 3.12. The van der Waals surface area contributed by atoms with Crippen molar-refractivity contribution in [1.29, 1.82) is 0 Å². The Kier molecular flexibility index (Phi) is 4.97. The van der Waals surface area contributed by atoms with E-state index in [1.54, 1.807) is 30.2 Å². The van der Waals surface area contributed by atoms with Gasteiger partial charge in [0.15, 0.2) is 4.67 Å². The SMILES string of the molecule is CNCc1cc(S(=O)(=O)NCCn2cccn2)c(Br)o1. The van der Waals surface area contributed by atoms with Gasteiger partial charge < -0.3 is 9.73 Å². The fourth-order valence-corrected chi connectivity index (χ4v) is 3.66. The van der Waals surface area contributed by atoms with Gasteiger partial charge in [0.2, 0.25) is 10.0 Å². The first-order chi connectivity index (χ1) is 9.53. The third kappa shape index (κ3) is 3.69. The zero-order valence-electron chi connectivity index (χ0n) is 10.8. The van der Waals surface area contributed by atoms with Crippen molar-refractivity contribution in [3.05, 3.63) is 35.0 Å². The van der Waals surface area contributed by atoms with E-state index in [1.807, 2.05) is 0 Å².